The molecule has 0 spiro atoms. The van der Waals surface area contributed by atoms with E-state index in [1.54, 1.807) is 12.2 Å². The molecule has 0 bridgehead atoms. The van der Waals surface area contributed by atoms with Crippen LogP contribution in [0.5, 0.6) is 5.75 Å². The van der Waals surface area contributed by atoms with Gasteiger partial charge < -0.3 is 5.11 Å². The predicted octanol–water partition coefficient (Wildman–Crippen LogP) is 2.01. The fraction of sp³-hybridized carbons (Fsp3) is 0. The summed E-state index contributed by atoms with van der Waals surface area (Å²) >= 11 is -0.322. The summed E-state index contributed by atoms with van der Waals surface area (Å²) in [5, 5.41) is 9.66. The molecule has 2 rings (SSSR count). The van der Waals surface area contributed by atoms with Crippen molar-refractivity contribution >= 4 is 46.7 Å². The van der Waals surface area contributed by atoms with Crippen molar-refractivity contribution < 1.29 is 18.1 Å². The first-order chi connectivity index (χ1) is 7.48. The van der Waals surface area contributed by atoms with Crippen molar-refractivity contribution in [2.75, 3.05) is 0 Å². The van der Waals surface area contributed by atoms with Crippen LogP contribution in [0.15, 0.2) is 21.1 Å². The monoisotopic (exact) mass is 350 g/mol. The minimum Gasteiger partial charge on any atom is -0.507 e. The normalized spacial score (nSPS) is 14.1. The van der Waals surface area contributed by atoms with E-state index >= 15 is 0 Å². The molecule has 0 aromatic heterocycles. The lowest BCUT2D eigenvalue weighted by molar-refractivity contribution is 0.465. The fourth-order valence-corrected chi connectivity index (χ4v) is 3.10. The van der Waals surface area contributed by atoms with E-state index in [-0.39, 0.29) is 31.4 Å². The van der Waals surface area contributed by atoms with Gasteiger partial charge in [-0.3, -0.25) is 4.55 Å². The van der Waals surface area contributed by atoms with Crippen molar-refractivity contribution in [3.05, 3.63) is 27.3 Å². The Labute approximate surface area is 102 Å². The molecule has 16 heavy (non-hydrogen) atoms. The summed E-state index contributed by atoms with van der Waals surface area (Å²) < 4.78 is 35.7. The highest BCUT2D eigenvalue weighted by molar-refractivity contribution is 14.2. The summed E-state index contributed by atoms with van der Waals surface area (Å²) in [6.07, 6.45) is 3.37. The number of hydrogen-bond donors (Lipinski definition) is 2. The highest BCUT2D eigenvalue weighted by atomic mass is 127. The molecule has 1 aliphatic rings. The lowest BCUT2D eigenvalue weighted by Crippen LogP contribution is -1.99. The van der Waals surface area contributed by atoms with Crippen molar-refractivity contribution in [1.82, 2.24) is 0 Å². The summed E-state index contributed by atoms with van der Waals surface area (Å²) in [4.78, 5) is -0.310. The second-order valence-electron chi connectivity index (χ2n) is 3.08. The Morgan fingerprint density at radius 2 is 2.06 bits per heavy atom. The van der Waals surface area contributed by atoms with E-state index in [4.69, 9.17) is 4.55 Å². The highest BCUT2D eigenvalue weighted by Crippen LogP contribution is 2.29. The molecule has 0 fully saturated rings. The number of phenols is 1. The number of phenolic OH excluding ortho intramolecular Hbond substituents is 1. The summed E-state index contributed by atoms with van der Waals surface area (Å²) in [7, 11) is -4.29. The Morgan fingerprint density at radius 3 is 2.75 bits per heavy atom. The topological polar surface area (TPSA) is 74.6 Å². The van der Waals surface area contributed by atoms with E-state index in [1.807, 2.05) is 4.08 Å². The van der Waals surface area contributed by atoms with Crippen LogP contribution in [0, 0.1) is 0 Å². The van der Waals surface area contributed by atoms with Gasteiger partial charge in [0.15, 0.2) is 0 Å². The third-order valence-electron chi connectivity index (χ3n) is 2.03. The number of hydrogen-bond acceptors (Lipinski definition) is 3. The number of aromatic hydroxyl groups is 1. The van der Waals surface area contributed by atoms with Crippen LogP contribution in [0.1, 0.15) is 11.1 Å². The van der Waals surface area contributed by atoms with Crippen molar-refractivity contribution in [2.45, 2.75) is 4.90 Å². The Bertz CT molecular complexity index is 637. The molecule has 1 aromatic rings. The van der Waals surface area contributed by atoms with Crippen LogP contribution in [0.25, 0.3) is 12.2 Å². The zero-order valence-electron chi connectivity index (χ0n) is 7.88. The van der Waals surface area contributed by atoms with Gasteiger partial charge in [0.2, 0.25) is 0 Å². The quantitative estimate of drug-likeness (QED) is 0.600. The number of fused-ring (bicyclic) bond motifs is 1. The molecule has 0 saturated heterocycles. The summed E-state index contributed by atoms with van der Waals surface area (Å²) in [6.45, 7) is 0. The maximum atomic E-state index is 11.0. The third kappa shape index (κ3) is 2.25. The van der Waals surface area contributed by atoms with Crippen LogP contribution >= 0.6 is 20.7 Å². The predicted molar refractivity (Wildman–Crippen MR) is 70.4 cm³/mol. The van der Waals surface area contributed by atoms with Gasteiger partial charge in [-0.25, -0.2) is 0 Å². The van der Waals surface area contributed by atoms with Gasteiger partial charge in [0.1, 0.15) is 5.75 Å². The maximum absolute atomic E-state index is 11.0. The molecule has 4 nitrogen and oxygen atoms in total. The largest absolute Gasteiger partial charge is 0.507 e. The van der Waals surface area contributed by atoms with Gasteiger partial charge >= 0.3 is 0 Å². The molecule has 2 N–H and O–H groups in total. The van der Waals surface area contributed by atoms with Crippen LogP contribution in [-0.4, -0.2) is 21.7 Å². The smallest absolute Gasteiger partial charge is 0.294 e. The van der Waals surface area contributed by atoms with Crippen LogP contribution in [0.2, 0.25) is 0 Å². The Balaban J connectivity index is 2.76. The first kappa shape index (κ1) is 11.5. The number of benzene rings is 1. The SMILES string of the molecule is O=S(=O)(O)c1cc(O)c2c(c1)C=C=IC=C2. The van der Waals surface area contributed by atoms with Crippen molar-refractivity contribution in [2.24, 2.45) is 0 Å². The van der Waals surface area contributed by atoms with Gasteiger partial charge in [0.25, 0.3) is 10.1 Å². The van der Waals surface area contributed by atoms with Crippen molar-refractivity contribution in [3.63, 3.8) is 0 Å². The van der Waals surface area contributed by atoms with E-state index in [9.17, 15) is 13.5 Å². The standard InChI is InChI=1S/C10H7IO4S/c12-10-6-8(16(13,14)15)5-7-1-3-11-4-2-9(7)10/h1-2,4-6,12H,(H,13,14,15). The van der Waals surface area contributed by atoms with Gasteiger partial charge in [0, 0.05) is 11.6 Å². The van der Waals surface area contributed by atoms with Crippen molar-refractivity contribution in [1.29, 1.82) is 0 Å². The lowest BCUT2D eigenvalue weighted by atomic mass is 10.1. The Morgan fingerprint density at radius 1 is 1.31 bits per heavy atom. The average Bonchev–Trinajstić information content (AvgIpc) is 2.41. The molecular formula is C10H7IO4S. The van der Waals surface area contributed by atoms with Gasteiger partial charge in [-0.15, -0.1) is 0 Å². The minimum atomic E-state index is -4.29. The molecule has 0 radical (unpaired) electrons. The molecular weight excluding hydrogens is 343 g/mol. The first-order valence-corrected chi connectivity index (χ1v) is 7.97. The van der Waals surface area contributed by atoms with E-state index in [2.05, 4.69) is 3.67 Å². The summed E-state index contributed by atoms with van der Waals surface area (Å²) in [6, 6.07) is 2.35. The highest BCUT2D eigenvalue weighted by Gasteiger charge is 2.15. The summed E-state index contributed by atoms with van der Waals surface area (Å²) in [5.41, 5.74) is 1.10. The maximum Gasteiger partial charge on any atom is 0.294 e. The Kier molecular flexibility index (Phi) is 2.98. The fourth-order valence-electron chi connectivity index (χ4n) is 1.30. The third-order valence-corrected chi connectivity index (χ3v) is 4.25. The molecule has 1 aliphatic heterocycles. The molecule has 84 valence electrons. The second kappa shape index (κ2) is 4.14. The van der Waals surface area contributed by atoms with Gasteiger partial charge in [0.05, 0.1) is 4.90 Å². The molecule has 0 amide bonds. The van der Waals surface area contributed by atoms with E-state index in [0.717, 1.165) is 6.07 Å². The molecule has 0 unspecified atom stereocenters. The van der Waals surface area contributed by atoms with Crippen LogP contribution in [0.4, 0.5) is 0 Å². The zero-order chi connectivity index (χ0) is 11.8. The van der Waals surface area contributed by atoms with Crippen LogP contribution < -0.4 is 0 Å². The van der Waals surface area contributed by atoms with Gasteiger partial charge in [-0.2, -0.15) is 8.42 Å². The molecule has 0 atom stereocenters. The van der Waals surface area contributed by atoms with Crippen molar-refractivity contribution in [3.8, 4) is 5.75 Å². The zero-order valence-corrected chi connectivity index (χ0v) is 10.9. The first-order valence-electron chi connectivity index (χ1n) is 4.20. The minimum absolute atomic E-state index is 0.162. The molecule has 1 heterocycles. The lowest BCUT2D eigenvalue weighted by Gasteiger charge is -2.05. The van der Waals surface area contributed by atoms with E-state index in [0.29, 0.717) is 11.1 Å². The molecule has 0 saturated carbocycles. The van der Waals surface area contributed by atoms with E-state index in [1.165, 1.54) is 6.07 Å². The van der Waals surface area contributed by atoms with Gasteiger partial charge in [-0.05, 0) is 48.6 Å². The van der Waals surface area contributed by atoms with Crippen LogP contribution in [0.3, 0.4) is 0 Å². The second-order valence-corrected chi connectivity index (χ2v) is 6.46. The molecule has 1 aromatic carbocycles. The van der Waals surface area contributed by atoms with Crippen LogP contribution in [-0.2, 0) is 10.1 Å². The molecule has 0 aliphatic carbocycles. The van der Waals surface area contributed by atoms with E-state index < -0.39 is 10.1 Å². The summed E-state index contributed by atoms with van der Waals surface area (Å²) in [5.74, 6) is -0.162. The van der Waals surface area contributed by atoms with Gasteiger partial charge in [-0.1, -0.05) is 3.67 Å². The number of halogens is 1. The average molecular weight is 350 g/mol. The number of rotatable bonds is 1. The molecule has 6 heteroatoms. The Hall–Kier alpha value is -0.950.